The standard InChI is InChI=1S/C18H13ClN4O2S/c19-12-7-10(16(20)24)8-21-17(12)22-9-11-5-6-14(25-11)18-23-13-3-1-2-4-15(13)26-18/h1-8H,9H2,(H2,20,24)(H,21,22). The van der Waals surface area contributed by atoms with Crippen LogP contribution in [0.25, 0.3) is 21.0 Å². The van der Waals surface area contributed by atoms with E-state index in [0.29, 0.717) is 23.1 Å². The summed E-state index contributed by atoms with van der Waals surface area (Å²) in [7, 11) is 0. The van der Waals surface area contributed by atoms with Crippen LogP contribution in [0, 0.1) is 0 Å². The van der Waals surface area contributed by atoms with Gasteiger partial charge in [0.05, 0.1) is 27.3 Å². The molecule has 0 aliphatic carbocycles. The average Bonchev–Trinajstić information content (AvgIpc) is 3.27. The highest BCUT2D eigenvalue weighted by Crippen LogP contribution is 2.31. The molecule has 0 saturated heterocycles. The topological polar surface area (TPSA) is 94.0 Å². The molecule has 0 spiro atoms. The highest BCUT2D eigenvalue weighted by atomic mass is 35.5. The van der Waals surface area contributed by atoms with Crippen LogP contribution in [0.3, 0.4) is 0 Å². The maximum absolute atomic E-state index is 11.1. The van der Waals surface area contributed by atoms with E-state index in [0.717, 1.165) is 21.0 Å². The van der Waals surface area contributed by atoms with Gasteiger partial charge in [0.1, 0.15) is 11.6 Å². The minimum Gasteiger partial charge on any atom is -0.457 e. The SMILES string of the molecule is NC(=O)c1cnc(NCc2ccc(-c3nc4ccccc4s3)o2)c(Cl)c1. The number of pyridine rings is 1. The number of benzene rings is 1. The number of carbonyl (C=O) groups excluding carboxylic acids is 1. The third-order valence-corrected chi connectivity index (χ3v) is 5.06. The third-order valence-electron chi connectivity index (χ3n) is 3.72. The van der Waals surface area contributed by atoms with Crippen molar-refractivity contribution >= 4 is 44.9 Å². The Hall–Kier alpha value is -2.90. The minimum atomic E-state index is -0.572. The Balaban J connectivity index is 1.49. The Morgan fingerprint density at radius 1 is 1.27 bits per heavy atom. The quantitative estimate of drug-likeness (QED) is 0.534. The molecule has 3 aromatic heterocycles. The zero-order chi connectivity index (χ0) is 18.1. The lowest BCUT2D eigenvalue weighted by molar-refractivity contribution is 0.1000. The van der Waals surface area contributed by atoms with Crippen molar-refractivity contribution in [1.29, 1.82) is 0 Å². The van der Waals surface area contributed by atoms with Gasteiger partial charge in [0, 0.05) is 6.20 Å². The van der Waals surface area contributed by atoms with Gasteiger partial charge in [-0.3, -0.25) is 4.79 Å². The van der Waals surface area contributed by atoms with Crippen molar-refractivity contribution in [3.63, 3.8) is 0 Å². The summed E-state index contributed by atoms with van der Waals surface area (Å²) in [5.74, 6) is 1.31. The number of hydrogen-bond acceptors (Lipinski definition) is 6. The number of anilines is 1. The number of rotatable bonds is 5. The summed E-state index contributed by atoms with van der Waals surface area (Å²) >= 11 is 7.70. The molecular weight excluding hydrogens is 372 g/mol. The molecule has 1 amide bonds. The van der Waals surface area contributed by atoms with Crippen LogP contribution in [0.5, 0.6) is 0 Å². The first-order valence-electron chi connectivity index (χ1n) is 7.74. The van der Waals surface area contributed by atoms with E-state index in [1.807, 2.05) is 36.4 Å². The molecule has 1 aromatic carbocycles. The highest BCUT2D eigenvalue weighted by Gasteiger charge is 2.11. The molecule has 4 aromatic rings. The summed E-state index contributed by atoms with van der Waals surface area (Å²) in [6, 6.07) is 13.2. The number of furan rings is 1. The molecule has 0 unspecified atom stereocenters. The van der Waals surface area contributed by atoms with Gasteiger partial charge in [-0.2, -0.15) is 0 Å². The number of nitrogens with two attached hydrogens (primary N) is 1. The summed E-state index contributed by atoms with van der Waals surface area (Å²) < 4.78 is 6.98. The number of halogens is 1. The molecule has 0 radical (unpaired) electrons. The lowest BCUT2D eigenvalue weighted by Crippen LogP contribution is -2.12. The first-order valence-corrected chi connectivity index (χ1v) is 8.93. The van der Waals surface area contributed by atoms with E-state index in [-0.39, 0.29) is 5.56 Å². The molecule has 8 heteroatoms. The van der Waals surface area contributed by atoms with Crippen molar-refractivity contribution < 1.29 is 9.21 Å². The molecule has 0 aliphatic rings. The van der Waals surface area contributed by atoms with Crippen molar-refractivity contribution in [3.05, 3.63) is 65.0 Å². The predicted octanol–water partition coefficient (Wildman–Crippen LogP) is 4.32. The fourth-order valence-electron chi connectivity index (χ4n) is 2.44. The summed E-state index contributed by atoms with van der Waals surface area (Å²) in [4.78, 5) is 19.8. The van der Waals surface area contributed by atoms with Gasteiger partial charge >= 0.3 is 0 Å². The van der Waals surface area contributed by atoms with Gasteiger partial charge in [-0.1, -0.05) is 23.7 Å². The molecule has 0 atom stereocenters. The van der Waals surface area contributed by atoms with Crippen molar-refractivity contribution in [2.75, 3.05) is 5.32 Å². The second-order valence-corrected chi connectivity index (χ2v) is 6.96. The number of fused-ring (bicyclic) bond motifs is 1. The van der Waals surface area contributed by atoms with Crippen LogP contribution in [0.2, 0.25) is 5.02 Å². The summed E-state index contributed by atoms with van der Waals surface area (Å²) in [6.45, 7) is 0.396. The number of thiazole rings is 1. The fourth-order valence-corrected chi connectivity index (χ4v) is 3.60. The molecule has 0 saturated carbocycles. The maximum atomic E-state index is 11.1. The van der Waals surface area contributed by atoms with Crippen LogP contribution in [0.1, 0.15) is 16.1 Å². The fraction of sp³-hybridized carbons (Fsp3) is 0.0556. The number of primary amides is 1. The second-order valence-electron chi connectivity index (χ2n) is 5.52. The second kappa shape index (κ2) is 6.78. The molecule has 3 N–H and O–H groups in total. The number of aromatic nitrogens is 2. The number of carbonyl (C=O) groups is 1. The number of nitrogens with zero attached hydrogens (tertiary/aromatic N) is 2. The van der Waals surface area contributed by atoms with Gasteiger partial charge in [0.15, 0.2) is 10.8 Å². The highest BCUT2D eigenvalue weighted by molar-refractivity contribution is 7.21. The maximum Gasteiger partial charge on any atom is 0.250 e. The van der Waals surface area contributed by atoms with E-state index < -0.39 is 5.91 Å². The van der Waals surface area contributed by atoms with Crippen molar-refractivity contribution in [2.45, 2.75) is 6.54 Å². The van der Waals surface area contributed by atoms with Crippen molar-refractivity contribution in [3.8, 4) is 10.8 Å². The number of para-hydroxylation sites is 1. The first-order chi connectivity index (χ1) is 12.6. The van der Waals surface area contributed by atoms with Crippen LogP contribution in [-0.4, -0.2) is 15.9 Å². The van der Waals surface area contributed by atoms with Crippen molar-refractivity contribution in [2.24, 2.45) is 5.73 Å². The molecule has 0 fully saturated rings. The third kappa shape index (κ3) is 3.26. The summed E-state index contributed by atoms with van der Waals surface area (Å²) in [5, 5.41) is 4.23. The molecule has 0 bridgehead atoms. The molecule has 3 heterocycles. The molecular formula is C18H13ClN4O2S. The van der Waals surface area contributed by atoms with Gasteiger partial charge in [-0.15, -0.1) is 11.3 Å². The zero-order valence-corrected chi connectivity index (χ0v) is 15.0. The van der Waals surface area contributed by atoms with Gasteiger partial charge in [0.25, 0.3) is 0 Å². The molecule has 0 aliphatic heterocycles. The van der Waals surface area contributed by atoms with Gasteiger partial charge in [-0.05, 0) is 30.3 Å². The van der Waals surface area contributed by atoms with Crippen LogP contribution >= 0.6 is 22.9 Å². The minimum absolute atomic E-state index is 0.261. The monoisotopic (exact) mass is 384 g/mol. The number of nitrogens with one attached hydrogen (secondary N) is 1. The predicted molar refractivity (Wildman–Crippen MR) is 102 cm³/mol. The normalized spacial score (nSPS) is 11.0. The Morgan fingerprint density at radius 3 is 2.88 bits per heavy atom. The summed E-state index contributed by atoms with van der Waals surface area (Å²) in [6.07, 6.45) is 1.38. The lowest BCUT2D eigenvalue weighted by atomic mass is 10.2. The Bertz CT molecular complexity index is 1070. The molecule has 26 heavy (non-hydrogen) atoms. The van der Waals surface area contributed by atoms with Crippen LogP contribution in [0.15, 0.2) is 53.1 Å². The van der Waals surface area contributed by atoms with E-state index in [2.05, 4.69) is 15.3 Å². The van der Waals surface area contributed by atoms with E-state index in [4.69, 9.17) is 21.8 Å². The Morgan fingerprint density at radius 2 is 2.12 bits per heavy atom. The van der Waals surface area contributed by atoms with Crippen LogP contribution in [-0.2, 0) is 6.54 Å². The van der Waals surface area contributed by atoms with E-state index in [1.54, 1.807) is 11.3 Å². The molecule has 130 valence electrons. The summed E-state index contributed by atoms with van der Waals surface area (Å²) in [5.41, 5.74) is 6.42. The zero-order valence-electron chi connectivity index (χ0n) is 13.4. The van der Waals surface area contributed by atoms with E-state index in [9.17, 15) is 4.79 Å². The Labute approximate surface area is 157 Å². The number of hydrogen-bond donors (Lipinski definition) is 2. The van der Waals surface area contributed by atoms with Gasteiger partial charge in [0.2, 0.25) is 5.91 Å². The van der Waals surface area contributed by atoms with Gasteiger partial charge < -0.3 is 15.5 Å². The van der Waals surface area contributed by atoms with Crippen molar-refractivity contribution in [1.82, 2.24) is 9.97 Å². The van der Waals surface area contributed by atoms with Crippen LogP contribution < -0.4 is 11.1 Å². The lowest BCUT2D eigenvalue weighted by Gasteiger charge is -2.06. The Kier molecular flexibility index (Phi) is 4.32. The average molecular weight is 385 g/mol. The van der Waals surface area contributed by atoms with Gasteiger partial charge in [-0.25, -0.2) is 9.97 Å². The van der Waals surface area contributed by atoms with E-state index >= 15 is 0 Å². The smallest absolute Gasteiger partial charge is 0.250 e. The molecule has 4 rings (SSSR count). The number of amides is 1. The van der Waals surface area contributed by atoms with Crippen LogP contribution in [0.4, 0.5) is 5.82 Å². The first kappa shape index (κ1) is 16.6. The largest absolute Gasteiger partial charge is 0.457 e. The molecule has 6 nitrogen and oxygen atoms in total. The van der Waals surface area contributed by atoms with E-state index in [1.165, 1.54) is 12.3 Å².